The molecule has 52 heavy (non-hydrogen) atoms. The van der Waals surface area contributed by atoms with Crippen molar-refractivity contribution in [3.63, 3.8) is 0 Å². The van der Waals surface area contributed by atoms with E-state index in [0.29, 0.717) is 11.8 Å². The first-order valence-electron chi connectivity index (χ1n) is 13.6. The van der Waals surface area contributed by atoms with Gasteiger partial charge in [0.2, 0.25) is 28.7 Å². The third-order valence-corrected chi connectivity index (χ3v) is 9.81. The van der Waals surface area contributed by atoms with Crippen molar-refractivity contribution >= 4 is 94.3 Å². The van der Waals surface area contributed by atoms with E-state index in [0.717, 1.165) is 30.4 Å². The molecule has 1 radical (unpaired) electrons. The van der Waals surface area contributed by atoms with Crippen LogP contribution in [0, 0.1) is 0 Å². The molecule has 20 nitrogen and oxygen atoms in total. The number of nitrogens with one attached hydrogen (secondary N) is 2. The van der Waals surface area contributed by atoms with Crippen LogP contribution in [0.5, 0.6) is 0 Å². The van der Waals surface area contributed by atoms with Crippen molar-refractivity contribution in [1.82, 2.24) is 20.4 Å². The third-order valence-electron chi connectivity index (χ3n) is 7.02. The van der Waals surface area contributed by atoms with Crippen molar-refractivity contribution in [3.8, 4) is 0 Å². The fraction of sp³-hybridized carbons (Fsp3) is 0.0741. The molecule has 2 aliphatic carbocycles. The minimum absolute atomic E-state index is 0. The van der Waals surface area contributed by atoms with Gasteiger partial charge in [-0.2, -0.15) is 40.2 Å². The van der Waals surface area contributed by atoms with Crippen LogP contribution in [0.15, 0.2) is 84.7 Å². The van der Waals surface area contributed by atoms with Crippen LogP contribution in [0.25, 0.3) is 6.08 Å². The average Bonchev–Trinajstić information content (AvgIpc) is 3.02. The summed E-state index contributed by atoms with van der Waals surface area (Å²) in [5, 5.41) is 7.27. The van der Waals surface area contributed by atoms with E-state index in [1.54, 1.807) is 0 Å². The molecule has 0 saturated carbocycles. The number of carbonyl (C=O) groups is 2. The third kappa shape index (κ3) is 8.58. The van der Waals surface area contributed by atoms with Gasteiger partial charge >= 0.3 is 4.28 Å². The Morgan fingerprint density at radius 1 is 0.865 bits per heavy atom. The largest absolute Gasteiger partial charge is 1.00 e. The number of nitrogens with zero attached hydrogens (tertiary/aromatic N) is 6. The topological polar surface area (TPSA) is 314 Å². The Labute approximate surface area is 314 Å². The summed E-state index contributed by atoms with van der Waals surface area (Å²) in [6.45, 7) is 1.45. The number of carbonyl (C=O) groups excluding carboxylic acids is 2. The zero-order valence-corrected chi connectivity index (χ0v) is 30.1. The fourth-order valence-corrected chi connectivity index (χ4v) is 6.51. The second kappa shape index (κ2) is 14.6. The van der Waals surface area contributed by atoms with Gasteiger partial charge in [-0.3, -0.25) is 28.7 Å². The number of hydrogen-bond donors (Lipinski definition) is 6. The van der Waals surface area contributed by atoms with Crippen LogP contribution in [0.3, 0.4) is 0 Å². The van der Waals surface area contributed by atoms with Gasteiger partial charge in [-0.15, -0.1) is 10.2 Å². The van der Waals surface area contributed by atoms with Crippen molar-refractivity contribution in [2.45, 2.75) is 16.7 Å². The number of Topliss-reactive ketones (excluding diaryl/α,β-unsaturated/α-hetero) is 1. The second-order valence-corrected chi connectivity index (χ2v) is 15.0. The first-order chi connectivity index (χ1) is 23.6. The Hall–Kier alpha value is -4.91. The first kappa shape index (κ1) is 39.9. The number of fused-ring (bicyclic) bond motifs is 1. The number of anilines is 4. The minimum Gasteiger partial charge on any atom is -0.368 e. The summed E-state index contributed by atoms with van der Waals surface area (Å²) in [5.41, 5.74) is 9.37. The number of ketones is 2. The van der Waals surface area contributed by atoms with Gasteiger partial charge < -0.3 is 16.1 Å². The van der Waals surface area contributed by atoms with Crippen molar-refractivity contribution in [2.75, 3.05) is 23.1 Å². The second-order valence-electron chi connectivity index (χ2n) is 10.4. The van der Waals surface area contributed by atoms with Crippen molar-refractivity contribution in [1.29, 1.82) is 0 Å². The quantitative estimate of drug-likeness (QED) is 0.0776. The summed E-state index contributed by atoms with van der Waals surface area (Å²) in [7, 11) is -13.2. The van der Waals surface area contributed by atoms with Crippen molar-refractivity contribution in [3.05, 3.63) is 81.1 Å². The molecule has 277 valence electrons. The van der Waals surface area contributed by atoms with Crippen LogP contribution in [0.1, 0.15) is 27.1 Å². The molecule has 5 rings (SSSR count). The summed E-state index contributed by atoms with van der Waals surface area (Å²) < 4.78 is 100. The monoisotopic (exact) mass is 845 g/mol. The smallest absolute Gasteiger partial charge is 0.368 e. The molecule has 1 heterocycles. The van der Waals surface area contributed by atoms with Gasteiger partial charge in [0, 0.05) is 41.4 Å². The molecule has 0 aliphatic heterocycles. The molecule has 0 bridgehead atoms. The van der Waals surface area contributed by atoms with E-state index < -0.39 is 73.7 Å². The molecule has 0 atom stereocenters. The molecule has 2 aromatic carbocycles. The maximum atomic E-state index is 13.4. The summed E-state index contributed by atoms with van der Waals surface area (Å²) >= 11 is 5.86. The van der Waals surface area contributed by atoms with E-state index in [-0.39, 0.29) is 60.9 Å². The number of hydrogen-bond acceptors (Lipinski definition) is 17. The van der Waals surface area contributed by atoms with E-state index in [1.165, 1.54) is 37.1 Å². The Bertz CT molecular complexity index is 2550. The molecule has 0 amide bonds. The van der Waals surface area contributed by atoms with E-state index in [4.69, 9.17) is 17.3 Å². The summed E-state index contributed by atoms with van der Waals surface area (Å²) in [6, 6.07) is 6.39. The molecule has 0 spiro atoms. The number of nitrogen functional groups attached to an aromatic ring is 1. The molecule has 25 heteroatoms. The molecular weight excluding hydrogens is 822 g/mol. The SMILES string of the molecule is CC1=C/C(=N/N=C2\C(=O)c3ccc(N(C)c4nc(N)nc(Cl)n4)cc3C=C2S(=O)(=O)O)C(=O)C=C1NNc1cc(S(=O)(=O)O)ccc1S(=O)(=O)O.[Cu].[H+].[H+].[H+]. The maximum Gasteiger partial charge on any atom is 1.00 e. The zero-order valence-electron chi connectivity index (χ0n) is 29.0. The summed E-state index contributed by atoms with van der Waals surface area (Å²) in [6.07, 6.45) is 3.09. The molecule has 3 aromatic rings. The Morgan fingerprint density at radius 3 is 2.17 bits per heavy atom. The molecule has 0 saturated heterocycles. The number of halogens is 1. The predicted octanol–water partition coefficient (Wildman–Crippen LogP) is 1.96. The molecular formula is C27H25ClCuN9O11S3+3. The van der Waals surface area contributed by atoms with Crippen LogP contribution in [0.2, 0.25) is 5.28 Å². The number of benzene rings is 2. The molecule has 0 fully saturated rings. The van der Waals surface area contributed by atoms with E-state index in [1.807, 2.05) is 0 Å². The van der Waals surface area contributed by atoms with Gasteiger partial charge in [-0.25, -0.2) is 0 Å². The van der Waals surface area contributed by atoms with Gasteiger partial charge in [-0.05, 0) is 78.2 Å². The normalized spacial score (nSPS) is 16.4. The minimum atomic E-state index is -5.08. The van der Waals surface area contributed by atoms with Gasteiger partial charge in [-0.1, -0.05) is 0 Å². The number of nitrogens with two attached hydrogens (primary N) is 1. The van der Waals surface area contributed by atoms with Crippen LogP contribution in [0.4, 0.5) is 23.3 Å². The van der Waals surface area contributed by atoms with E-state index in [9.17, 15) is 48.5 Å². The number of allylic oxidation sites excluding steroid dienone is 4. The van der Waals surface area contributed by atoms with Gasteiger partial charge in [0.15, 0.2) is 5.71 Å². The van der Waals surface area contributed by atoms with Gasteiger partial charge in [0.25, 0.3) is 30.4 Å². The summed E-state index contributed by atoms with van der Waals surface area (Å²) in [4.78, 5) is 37.0. The average molecular weight is 847 g/mol. The summed E-state index contributed by atoms with van der Waals surface area (Å²) in [5.74, 6) is -1.94. The van der Waals surface area contributed by atoms with E-state index >= 15 is 0 Å². The number of rotatable bonds is 9. The zero-order chi connectivity index (χ0) is 37.6. The van der Waals surface area contributed by atoms with Crippen LogP contribution < -0.4 is 21.5 Å². The van der Waals surface area contributed by atoms with Crippen molar-refractivity contribution < 1.29 is 69.8 Å². The maximum absolute atomic E-state index is 13.4. The predicted molar refractivity (Wildman–Crippen MR) is 185 cm³/mol. The van der Waals surface area contributed by atoms with Crippen LogP contribution in [-0.4, -0.2) is 83.9 Å². The number of hydrazine groups is 1. The molecule has 7 N–H and O–H groups in total. The fourth-order valence-electron chi connectivity index (χ4n) is 4.56. The molecule has 0 unspecified atom stereocenters. The van der Waals surface area contributed by atoms with Crippen LogP contribution in [-0.2, 0) is 52.2 Å². The standard InChI is InChI=1S/C27H22ClN9O11S3.Cu/c1-12-7-18(20(38)11-17(12)33-35-19-10-15(49(40,41)42)4-6-21(19)50(43,44)45)34-36-23-22(51(46,47)48)9-13-8-14(3-5-16(13)24(23)39)37(2)27-31-25(28)30-26(29)32-27;/h3-11,33,35H,1-2H3,(H,40,41,42)(H,43,44,45)(H,46,47,48)(H2,29,30,31,32);/p+3/b34-18-,36-23-;. The van der Waals surface area contributed by atoms with Gasteiger partial charge in [0.1, 0.15) is 15.5 Å². The Balaban J connectivity index is 0.00000378. The van der Waals surface area contributed by atoms with Crippen molar-refractivity contribution in [2.24, 2.45) is 10.2 Å². The first-order valence-corrected chi connectivity index (χ1v) is 18.3. The number of aromatic nitrogens is 3. The van der Waals surface area contributed by atoms with Gasteiger partial charge in [0.05, 0.1) is 16.3 Å². The molecule has 2 aliphatic rings. The van der Waals surface area contributed by atoms with E-state index in [2.05, 4.69) is 36.0 Å². The Morgan fingerprint density at radius 2 is 1.56 bits per heavy atom. The van der Waals surface area contributed by atoms with Crippen LogP contribution >= 0.6 is 11.6 Å². The Kier molecular flexibility index (Phi) is 11.2. The molecule has 1 aromatic heterocycles.